The summed E-state index contributed by atoms with van der Waals surface area (Å²) in [6.45, 7) is 0. The lowest BCUT2D eigenvalue weighted by molar-refractivity contribution is 0.540. The summed E-state index contributed by atoms with van der Waals surface area (Å²) >= 11 is 1.83. The van der Waals surface area contributed by atoms with Gasteiger partial charge < -0.3 is 5.32 Å². The molecule has 3 nitrogen and oxygen atoms in total. The molecule has 0 radical (unpaired) electrons. The van der Waals surface area contributed by atoms with Gasteiger partial charge in [0.05, 0.1) is 0 Å². The lowest BCUT2D eigenvalue weighted by Gasteiger charge is -2.16. The molecule has 0 amide bonds. The Bertz CT molecular complexity index is 698. The molecule has 2 aromatic heterocycles. The third kappa shape index (κ3) is 2.49. The fourth-order valence-electron chi connectivity index (χ4n) is 2.66. The molecule has 3 rings (SSSR count). The third-order valence-corrected chi connectivity index (χ3v) is 4.83. The van der Waals surface area contributed by atoms with E-state index in [0.29, 0.717) is 6.04 Å². The molecule has 104 valence electrons. The Morgan fingerprint density at radius 1 is 1.30 bits per heavy atom. The molecular weight excluding hydrogens is 266 g/mol. The van der Waals surface area contributed by atoms with Gasteiger partial charge >= 0.3 is 0 Å². The summed E-state index contributed by atoms with van der Waals surface area (Å²) < 4.78 is 3.32. The zero-order chi connectivity index (χ0) is 13.9. The van der Waals surface area contributed by atoms with Gasteiger partial charge in [0.15, 0.2) is 0 Å². The van der Waals surface area contributed by atoms with Crippen molar-refractivity contribution in [3.63, 3.8) is 0 Å². The minimum Gasteiger partial charge on any atom is -0.313 e. The highest BCUT2D eigenvalue weighted by molar-refractivity contribution is 7.17. The molecule has 0 bridgehead atoms. The average molecular weight is 285 g/mol. The van der Waals surface area contributed by atoms with Gasteiger partial charge in [0, 0.05) is 29.7 Å². The Hall–Kier alpha value is -1.65. The van der Waals surface area contributed by atoms with Crippen LogP contribution < -0.4 is 5.32 Å². The average Bonchev–Trinajstić information content (AvgIpc) is 3.07. The number of fused-ring (bicyclic) bond motifs is 1. The Labute approximate surface area is 123 Å². The van der Waals surface area contributed by atoms with Crippen LogP contribution in [0.5, 0.6) is 0 Å². The molecule has 0 aliphatic rings. The second-order valence-corrected chi connectivity index (χ2v) is 5.92. The number of benzene rings is 1. The maximum atomic E-state index is 4.23. The van der Waals surface area contributed by atoms with Crippen molar-refractivity contribution in [2.24, 2.45) is 7.05 Å². The summed E-state index contributed by atoms with van der Waals surface area (Å²) in [4.78, 5) is 0. The standard InChI is InChI=1S/C16H19N3S/c1-17-15(8-7-12-9-10-18-19(12)2)14-11-20-16-6-4-3-5-13(14)16/h3-6,9-11,15,17H,7-8H2,1-2H3. The molecule has 1 aromatic carbocycles. The fraction of sp³-hybridized carbons (Fsp3) is 0.312. The minimum atomic E-state index is 0.390. The highest BCUT2D eigenvalue weighted by Crippen LogP contribution is 2.32. The number of nitrogens with one attached hydrogen (secondary N) is 1. The van der Waals surface area contributed by atoms with Gasteiger partial charge in [0.25, 0.3) is 0 Å². The smallest absolute Gasteiger partial charge is 0.0492 e. The molecule has 20 heavy (non-hydrogen) atoms. The second-order valence-electron chi connectivity index (χ2n) is 5.01. The molecule has 1 N–H and O–H groups in total. The molecule has 0 aliphatic carbocycles. The van der Waals surface area contributed by atoms with Gasteiger partial charge in [-0.2, -0.15) is 5.10 Å². The Morgan fingerprint density at radius 2 is 2.15 bits per heavy atom. The first-order valence-electron chi connectivity index (χ1n) is 6.90. The summed E-state index contributed by atoms with van der Waals surface area (Å²) in [7, 11) is 4.05. The van der Waals surface area contributed by atoms with E-state index in [1.807, 2.05) is 36.3 Å². The van der Waals surface area contributed by atoms with Gasteiger partial charge in [0.2, 0.25) is 0 Å². The van der Waals surface area contributed by atoms with Crippen LogP contribution in [0, 0.1) is 0 Å². The summed E-state index contributed by atoms with van der Waals surface area (Å²) in [5.41, 5.74) is 2.69. The SMILES string of the molecule is CNC(CCc1ccnn1C)c1csc2ccccc12. The normalized spacial score (nSPS) is 12.9. The summed E-state index contributed by atoms with van der Waals surface area (Å²) in [6, 6.07) is 11.1. The number of hydrogen-bond donors (Lipinski definition) is 1. The van der Waals surface area contributed by atoms with Crippen molar-refractivity contribution in [3.05, 3.63) is 53.2 Å². The van der Waals surface area contributed by atoms with Gasteiger partial charge in [-0.25, -0.2) is 0 Å². The fourth-order valence-corrected chi connectivity index (χ4v) is 3.68. The number of thiophene rings is 1. The maximum Gasteiger partial charge on any atom is 0.0492 e. The molecular formula is C16H19N3S. The number of aryl methyl sites for hydroxylation is 2. The van der Waals surface area contributed by atoms with Crippen LogP contribution in [0.3, 0.4) is 0 Å². The first-order valence-corrected chi connectivity index (χ1v) is 7.78. The van der Waals surface area contributed by atoms with Gasteiger partial charge in [0.1, 0.15) is 0 Å². The van der Waals surface area contributed by atoms with E-state index in [2.05, 4.69) is 46.1 Å². The van der Waals surface area contributed by atoms with Crippen molar-refractivity contribution in [3.8, 4) is 0 Å². The molecule has 0 spiro atoms. The molecule has 2 heterocycles. The zero-order valence-electron chi connectivity index (χ0n) is 11.8. The molecule has 0 saturated heterocycles. The van der Waals surface area contributed by atoms with Crippen LogP contribution in [-0.4, -0.2) is 16.8 Å². The lowest BCUT2D eigenvalue weighted by Crippen LogP contribution is -2.17. The Morgan fingerprint density at radius 3 is 2.90 bits per heavy atom. The Balaban J connectivity index is 1.81. The van der Waals surface area contributed by atoms with Gasteiger partial charge in [-0.1, -0.05) is 18.2 Å². The van der Waals surface area contributed by atoms with Crippen LogP contribution in [0.15, 0.2) is 41.9 Å². The van der Waals surface area contributed by atoms with Crippen molar-refractivity contribution in [1.82, 2.24) is 15.1 Å². The van der Waals surface area contributed by atoms with Crippen molar-refractivity contribution < 1.29 is 0 Å². The number of nitrogens with zero attached hydrogens (tertiary/aromatic N) is 2. The van der Waals surface area contributed by atoms with Crippen LogP contribution in [0.25, 0.3) is 10.1 Å². The van der Waals surface area contributed by atoms with E-state index >= 15 is 0 Å². The van der Waals surface area contributed by atoms with Crippen molar-refractivity contribution in [2.75, 3.05) is 7.05 Å². The van der Waals surface area contributed by atoms with E-state index in [1.54, 1.807) is 0 Å². The van der Waals surface area contributed by atoms with Crippen LogP contribution in [-0.2, 0) is 13.5 Å². The monoisotopic (exact) mass is 285 g/mol. The maximum absolute atomic E-state index is 4.23. The number of aromatic nitrogens is 2. The van der Waals surface area contributed by atoms with Crippen molar-refractivity contribution in [2.45, 2.75) is 18.9 Å². The van der Waals surface area contributed by atoms with E-state index in [4.69, 9.17) is 0 Å². The molecule has 0 saturated carbocycles. The molecule has 0 aliphatic heterocycles. The van der Waals surface area contributed by atoms with Crippen molar-refractivity contribution in [1.29, 1.82) is 0 Å². The zero-order valence-corrected chi connectivity index (χ0v) is 12.7. The first-order chi connectivity index (χ1) is 9.79. The van der Waals surface area contributed by atoms with Crippen LogP contribution in [0.4, 0.5) is 0 Å². The quantitative estimate of drug-likeness (QED) is 0.777. The van der Waals surface area contributed by atoms with E-state index in [9.17, 15) is 0 Å². The highest BCUT2D eigenvalue weighted by Gasteiger charge is 2.14. The van der Waals surface area contributed by atoms with Crippen LogP contribution in [0.2, 0.25) is 0 Å². The molecule has 0 fully saturated rings. The predicted molar refractivity (Wildman–Crippen MR) is 85.2 cm³/mol. The highest BCUT2D eigenvalue weighted by atomic mass is 32.1. The van der Waals surface area contributed by atoms with Crippen molar-refractivity contribution >= 4 is 21.4 Å². The number of rotatable bonds is 5. The van der Waals surface area contributed by atoms with Gasteiger partial charge in [-0.05, 0) is 48.4 Å². The molecule has 1 atom stereocenters. The van der Waals surface area contributed by atoms with E-state index in [0.717, 1.165) is 12.8 Å². The van der Waals surface area contributed by atoms with Gasteiger partial charge in [-0.15, -0.1) is 11.3 Å². The molecule has 1 unspecified atom stereocenters. The van der Waals surface area contributed by atoms with E-state index in [1.165, 1.54) is 21.3 Å². The lowest BCUT2D eigenvalue weighted by atomic mass is 10.0. The topological polar surface area (TPSA) is 29.9 Å². The van der Waals surface area contributed by atoms with E-state index in [-0.39, 0.29) is 0 Å². The number of hydrogen-bond acceptors (Lipinski definition) is 3. The summed E-state index contributed by atoms with van der Waals surface area (Å²) in [5.74, 6) is 0. The van der Waals surface area contributed by atoms with Crippen LogP contribution >= 0.6 is 11.3 Å². The first kappa shape index (κ1) is 13.3. The largest absolute Gasteiger partial charge is 0.313 e. The second kappa shape index (κ2) is 5.77. The molecule has 4 heteroatoms. The molecule has 3 aromatic rings. The third-order valence-electron chi connectivity index (χ3n) is 3.85. The van der Waals surface area contributed by atoms with Crippen LogP contribution in [0.1, 0.15) is 23.7 Å². The minimum absolute atomic E-state index is 0.390. The summed E-state index contributed by atoms with van der Waals surface area (Å²) in [5, 5.41) is 11.4. The Kier molecular flexibility index (Phi) is 3.85. The summed E-state index contributed by atoms with van der Waals surface area (Å²) in [6.07, 6.45) is 3.98. The van der Waals surface area contributed by atoms with Gasteiger partial charge in [-0.3, -0.25) is 4.68 Å². The predicted octanol–water partition coefficient (Wildman–Crippen LogP) is 3.53. The van der Waals surface area contributed by atoms with E-state index < -0.39 is 0 Å².